The minimum atomic E-state index is 0.516. The van der Waals surface area contributed by atoms with Crippen molar-refractivity contribution in [3.8, 4) is 11.6 Å². The summed E-state index contributed by atoms with van der Waals surface area (Å²) >= 11 is 3.33. The van der Waals surface area contributed by atoms with Gasteiger partial charge in [0.25, 0.3) is 5.88 Å². The molecule has 0 aromatic carbocycles. The lowest BCUT2D eigenvalue weighted by Gasteiger charge is -2.06. The monoisotopic (exact) mass is 231 g/mol. The van der Waals surface area contributed by atoms with E-state index in [1.165, 1.54) is 0 Å². The Kier molecular flexibility index (Phi) is 3.34. The molecule has 0 radical (unpaired) electrons. The molecule has 66 valence electrons. The van der Waals surface area contributed by atoms with Gasteiger partial charge in [0.05, 0.1) is 14.2 Å². The van der Waals surface area contributed by atoms with Gasteiger partial charge in [0.2, 0.25) is 0 Å². The second-order valence-electron chi connectivity index (χ2n) is 2.19. The van der Waals surface area contributed by atoms with Crippen LogP contribution in [0.5, 0.6) is 11.6 Å². The van der Waals surface area contributed by atoms with Gasteiger partial charge in [-0.1, -0.05) is 15.9 Å². The first-order valence-corrected chi connectivity index (χ1v) is 4.56. The molecule has 1 heterocycles. The van der Waals surface area contributed by atoms with E-state index in [4.69, 9.17) is 9.47 Å². The molecule has 0 fully saturated rings. The molecule has 0 aliphatic heterocycles. The highest BCUT2D eigenvalue weighted by Crippen LogP contribution is 2.24. The van der Waals surface area contributed by atoms with Gasteiger partial charge in [-0.2, -0.15) is 0 Å². The maximum atomic E-state index is 5.07. The van der Waals surface area contributed by atoms with Crippen LogP contribution in [-0.2, 0) is 5.33 Å². The highest BCUT2D eigenvalue weighted by Gasteiger charge is 2.04. The largest absolute Gasteiger partial charge is 0.491 e. The number of halogens is 1. The maximum absolute atomic E-state index is 5.07. The van der Waals surface area contributed by atoms with Crippen molar-refractivity contribution in [2.24, 2.45) is 0 Å². The summed E-state index contributed by atoms with van der Waals surface area (Å²) in [6, 6.07) is 1.89. The lowest BCUT2D eigenvalue weighted by molar-refractivity contribution is 0.342. The summed E-state index contributed by atoms with van der Waals surface area (Å²) in [6.45, 7) is 0. The van der Waals surface area contributed by atoms with Crippen molar-refractivity contribution in [2.75, 3.05) is 14.2 Å². The fourth-order valence-corrected chi connectivity index (χ4v) is 1.15. The topological polar surface area (TPSA) is 31.4 Å². The van der Waals surface area contributed by atoms with E-state index in [2.05, 4.69) is 20.9 Å². The number of hydrogen-bond donors (Lipinski definition) is 0. The summed E-state index contributed by atoms with van der Waals surface area (Å²) in [5.41, 5.74) is 1.06. The van der Waals surface area contributed by atoms with Gasteiger partial charge in [0.15, 0.2) is 5.75 Å². The van der Waals surface area contributed by atoms with E-state index in [-0.39, 0.29) is 0 Å². The van der Waals surface area contributed by atoms with Gasteiger partial charge < -0.3 is 9.47 Å². The molecule has 1 rings (SSSR count). The molecule has 0 spiro atoms. The molecular weight excluding hydrogens is 222 g/mol. The number of aromatic nitrogens is 1. The summed E-state index contributed by atoms with van der Waals surface area (Å²) in [5, 5.41) is 0.764. The van der Waals surface area contributed by atoms with Crippen LogP contribution in [0.2, 0.25) is 0 Å². The van der Waals surface area contributed by atoms with E-state index in [1.807, 2.05) is 6.07 Å². The van der Waals surface area contributed by atoms with Gasteiger partial charge in [-0.15, -0.1) is 0 Å². The molecule has 4 heteroatoms. The Hall–Kier alpha value is -0.770. The van der Waals surface area contributed by atoms with E-state index in [9.17, 15) is 0 Å². The smallest absolute Gasteiger partial charge is 0.256 e. The fourth-order valence-electron chi connectivity index (χ4n) is 0.845. The number of methoxy groups -OCH3 is 2. The third-order valence-corrected chi connectivity index (χ3v) is 2.09. The van der Waals surface area contributed by atoms with Crippen LogP contribution < -0.4 is 9.47 Å². The number of rotatable bonds is 3. The SMILES string of the molecule is COc1cc(CBr)cnc1OC. The Morgan fingerprint density at radius 3 is 2.67 bits per heavy atom. The first kappa shape index (κ1) is 9.32. The molecule has 1 aromatic heterocycles. The van der Waals surface area contributed by atoms with Crippen LogP contribution in [0.25, 0.3) is 0 Å². The van der Waals surface area contributed by atoms with Gasteiger partial charge in [-0.05, 0) is 11.6 Å². The van der Waals surface area contributed by atoms with Crippen molar-refractivity contribution >= 4 is 15.9 Å². The predicted octanol–water partition coefficient (Wildman–Crippen LogP) is 1.99. The second-order valence-corrected chi connectivity index (χ2v) is 2.75. The Labute approximate surface area is 79.8 Å². The molecule has 0 unspecified atom stereocenters. The zero-order valence-electron chi connectivity index (χ0n) is 7.00. The maximum Gasteiger partial charge on any atom is 0.256 e. The third kappa shape index (κ3) is 1.88. The van der Waals surface area contributed by atoms with Crippen molar-refractivity contribution in [1.29, 1.82) is 0 Å². The highest BCUT2D eigenvalue weighted by molar-refractivity contribution is 9.08. The predicted molar refractivity (Wildman–Crippen MR) is 50.0 cm³/mol. The van der Waals surface area contributed by atoms with Crippen LogP contribution in [0.3, 0.4) is 0 Å². The number of pyridine rings is 1. The van der Waals surface area contributed by atoms with E-state index in [0.717, 1.165) is 10.9 Å². The summed E-state index contributed by atoms with van der Waals surface area (Å²) in [6.07, 6.45) is 1.75. The van der Waals surface area contributed by atoms with Crippen LogP contribution in [0, 0.1) is 0 Å². The Balaban J connectivity index is 3.02. The van der Waals surface area contributed by atoms with Crippen molar-refractivity contribution < 1.29 is 9.47 Å². The molecule has 3 nitrogen and oxygen atoms in total. The molecule has 0 amide bonds. The van der Waals surface area contributed by atoms with Crippen LogP contribution in [0.15, 0.2) is 12.3 Å². The second kappa shape index (κ2) is 4.30. The standard InChI is InChI=1S/C8H10BrNO2/c1-11-7-3-6(4-9)5-10-8(7)12-2/h3,5H,4H2,1-2H3. The molecular formula is C8H10BrNO2. The zero-order valence-corrected chi connectivity index (χ0v) is 8.59. The molecule has 0 saturated carbocycles. The lowest BCUT2D eigenvalue weighted by Crippen LogP contribution is -1.94. The molecule has 12 heavy (non-hydrogen) atoms. The molecule has 0 N–H and O–H groups in total. The molecule has 0 aliphatic carbocycles. The van der Waals surface area contributed by atoms with E-state index in [0.29, 0.717) is 11.6 Å². The van der Waals surface area contributed by atoms with Crippen LogP contribution in [0.1, 0.15) is 5.56 Å². The molecule has 0 atom stereocenters. The van der Waals surface area contributed by atoms with Crippen LogP contribution in [0.4, 0.5) is 0 Å². The minimum Gasteiger partial charge on any atom is -0.491 e. The first-order valence-electron chi connectivity index (χ1n) is 3.44. The third-order valence-electron chi connectivity index (χ3n) is 1.44. The van der Waals surface area contributed by atoms with Crippen molar-refractivity contribution in [3.63, 3.8) is 0 Å². The van der Waals surface area contributed by atoms with Gasteiger partial charge in [0.1, 0.15) is 0 Å². The molecule has 0 bridgehead atoms. The van der Waals surface area contributed by atoms with Crippen molar-refractivity contribution in [1.82, 2.24) is 4.98 Å². The normalized spacial score (nSPS) is 9.58. The Morgan fingerprint density at radius 1 is 1.42 bits per heavy atom. The summed E-state index contributed by atoms with van der Waals surface area (Å²) < 4.78 is 10.1. The summed E-state index contributed by atoms with van der Waals surface area (Å²) in [7, 11) is 3.16. The lowest BCUT2D eigenvalue weighted by atomic mass is 10.3. The van der Waals surface area contributed by atoms with Gasteiger partial charge in [-0.25, -0.2) is 4.98 Å². The number of hydrogen-bond acceptors (Lipinski definition) is 3. The van der Waals surface area contributed by atoms with E-state index in [1.54, 1.807) is 20.4 Å². The van der Waals surface area contributed by atoms with Crippen molar-refractivity contribution in [3.05, 3.63) is 17.8 Å². The Bertz CT molecular complexity index is 265. The average molecular weight is 232 g/mol. The first-order chi connectivity index (χ1) is 5.81. The number of nitrogens with zero attached hydrogens (tertiary/aromatic N) is 1. The summed E-state index contributed by atoms with van der Waals surface area (Å²) in [5.74, 6) is 1.18. The quantitative estimate of drug-likeness (QED) is 0.747. The zero-order chi connectivity index (χ0) is 8.97. The molecule has 1 aromatic rings. The van der Waals surface area contributed by atoms with Gasteiger partial charge in [-0.3, -0.25) is 0 Å². The summed E-state index contributed by atoms with van der Waals surface area (Å²) in [4.78, 5) is 4.06. The van der Waals surface area contributed by atoms with Gasteiger partial charge in [0, 0.05) is 11.5 Å². The molecule has 0 saturated heterocycles. The number of ether oxygens (including phenoxy) is 2. The fraction of sp³-hybridized carbons (Fsp3) is 0.375. The minimum absolute atomic E-state index is 0.516. The average Bonchev–Trinajstić information content (AvgIpc) is 2.16. The van der Waals surface area contributed by atoms with Gasteiger partial charge >= 0.3 is 0 Å². The van der Waals surface area contributed by atoms with E-state index >= 15 is 0 Å². The van der Waals surface area contributed by atoms with E-state index < -0.39 is 0 Å². The Morgan fingerprint density at radius 2 is 2.17 bits per heavy atom. The van der Waals surface area contributed by atoms with Crippen LogP contribution in [-0.4, -0.2) is 19.2 Å². The van der Waals surface area contributed by atoms with Crippen LogP contribution >= 0.6 is 15.9 Å². The number of alkyl halides is 1. The van der Waals surface area contributed by atoms with Crippen molar-refractivity contribution in [2.45, 2.75) is 5.33 Å². The highest BCUT2D eigenvalue weighted by atomic mass is 79.9. The molecule has 0 aliphatic rings.